The average Bonchev–Trinajstić information content (AvgIpc) is 2.42. The summed E-state index contributed by atoms with van der Waals surface area (Å²) >= 11 is 0. The second-order valence-electron chi connectivity index (χ2n) is 5.43. The van der Waals surface area contributed by atoms with Crippen molar-refractivity contribution in [1.82, 2.24) is 10.3 Å². The highest BCUT2D eigenvalue weighted by molar-refractivity contribution is 5.79. The van der Waals surface area contributed by atoms with E-state index in [4.69, 9.17) is 0 Å². The highest BCUT2D eigenvalue weighted by Crippen LogP contribution is 2.14. The molecule has 0 bridgehead atoms. The molecule has 1 aromatic carbocycles. The Morgan fingerprint density at radius 2 is 2.15 bits per heavy atom. The molecule has 4 nitrogen and oxygen atoms in total. The van der Waals surface area contributed by atoms with Crippen molar-refractivity contribution in [2.75, 3.05) is 0 Å². The van der Waals surface area contributed by atoms with Crippen LogP contribution in [0.15, 0.2) is 36.5 Å². The summed E-state index contributed by atoms with van der Waals surface area (Å²) in [6, 6.07) is 9.40. The zero-order chi connectivity index (χ0) is 14.5. The summed E-state index contributed by atoms with van der Waals surface area (Å²) in [6.07, 6.45) is 2.40. The number of carboxylic acid groups (broad SMARTS) is 1. The molecule has 0 radical (unpaired) electrons. The number of carbonyl (C=O) groups is 1. The maximum Gasteiger partial charge on any atom is 0.320 e. The summed E-state index contributed by atoms with van der Waals surface area (Å²) in [4.78, 5) is 15.5. The number of benzene rings is 1. The molecule has 0 aliphatic heterocycles. The first-order chi connectivity index (χ1) is 9.56. The zero-order valence-electron chi connectivity index (χ0n) is 11.8. The van der Waals surface area contributed by atoms with Crippen molar-refractivity contribution >= 4 is 16.9 Å². The van der Waals surface area contributed by atoms with E-state index in [9.17, 15) is 9.90 Å². The molecule has 0 amide bonds. The standard InChI is InChI=1S/C16H20N2O2/c1-11(2)8-15(16(19)20)18-10-12-5-6-14-13(9-12)4-3-7-17-14/h3-7,9,11,15,18H,8,10H2,1-2H3,(H,19,20)/t15-/m1/s1. The van der Waals surface area contributed by atoms with Gasteiger partial charge in [-0.3, -0.25) is 9.78 Å². The van der Waals surface area contributed by atoms with Gasteiger partial charge in [0.05, 0.1) is 5.52 Å². The number of rotatable bonds is 6. The Balaban J connectivity index is 2.05. The fraction of sp³-hybridized carbons (Fsp3) is 0.375. The van der Waals surface area contributed by atoms with Crippen LogP contribution >= 0.6 is 0 Å². The van der Waals surface area contributed by atoms with Crippen molar-refractivity contribution in [3.63, 3.8) is 0 Å². The van der Waals surface area contributed by atoms with Crippen LogP contribution in [0, 0.1) is 5.92 Å². The molecule has 0 aliphatic rings. The van der Waals surface area contributed by atoms with Crippen molar-refractivity contribution < 1.29 is 9.90 Å². The van der Waals surface area contributed by atoms with Gasteiger partial charge >= 0.3 is 5.97 Å². The van der Waals surface area contributed by atoms with Crippen LogP contribution in [0.25, 0.3) is 10.9 Å². The second kappa shape index (κ2) is 6.48. The maximum atomic E-state index is 11.2. The topological polar surface area (TPSA) is 62.2 Å². The number of aromatic nitrogens is 1. The van der Waals surface area contributed by atoms with E-state index in [0.717, 1.165) is 16.5 Å². The smallest absolute Gasteiger partial charge is 0.320 e. The Labute approximate surface area is 118 Å². The molecule has 106 valence electrons. The quantitative estimate of drug-likeness (QED) is 0.849. The first kappa shape index (κ1) is 14.5. The Kier molecular flexibility index (Phi) is 4.69. The third kappa shape index (κ3) is 3.78. The molecular formula is C16H20N2O2. The Morgan fingerprint density at radius 1 is 1.35 bits per heavy atom. The van der Waals surface area contributed by atoms with Crippen molar-refractivity contribution in [3.8, 4) is 0 Å². The van der Waals surface area contributed by atoms with Crippen LogP contribution in [-0.4, -0.2) is 22.1 Å². The van der Waals surface area contributed by atoms with Crippen LogP contribution < -0.4 is 5.32 Å². The van der Waals surface area contributed by atoms with Crippen molar-refractivity contribution in [3.05, 3.63) is 42.1 Å². The van der Waals surface area contributed by atoms with Gasteiger partial charge in [0.2, 0.25) is 0 Å². The lowest BCUT2D eigenvalue weighted by Crippen LogP contribution is -2.37. The summed E-state index contributed by atoms with van der Waals surface area (Å²) < 4.78 is 0. The summed E-state index contributed by atoms with van der Waals surface area (Å²) in [5, 5.41) is 13.4. The highest BCUT2D eigenvalue weighted by atomic mass is 16.4. The first-order valence-electron chi connectivity index (χ1n) is 6.86. The molecule has 0 saturated carbocycles. The van der Waals surface area contributed by atoms with E-state index in [2.05, 4.69) is 10.3 Å². The van der Waals surface area contributed by atoms with Crippen molar-refractivity contribution in [2.24, 2.45) is 5.92 Å². The molecule has 1 aromatic heterocycles. The van der Waals surface area contributed by atoms with Gasteiger partial charge < -0.3 is 10.4 Å². The monoisotopic (exact) mass is 272 g/mol. The van der Waals surface area contributed by atoms with E-state index in [0.29, 0.717) is 18.9 Å². The molecule has 1 atom stereocenters. The zero-order valence-corrected chi connectivity index (χ0v) is 11.8. The second-order valence-corrected chi connectivity index (χ2v) is 5.43. The number of hydrogen-bond donors (Lipinski definition) is 2. The number of pyridine rings is 1. The molecule has 2 rings (SSSR count). The predicted molar refractivity (Wildman–Crippen MR) is 79.5 cm³/mol. The Hall–Kier alpha value is -1.94. The van der Waals surface area contributed by atoms with Crippen LogP contribution in [-0.2, 0) is 11.3 Å². The summed E-state index contributed by atoms with van der Waals surface area (Å²) in [7, 11) is 0. The van der Waals surface area contributed by atoms with Crippen molar-refractivity contribution in [2.45, 2.75) is 32.9 Å². The SMILES string of the molecule is CC(C)C[C@@H](NCc1ccc2ncccc2c1)C(=O)O. The lowest BCUT2D eigenvalue weighted by molar-refractivity contribution is -0.140. The molecule has 0 aliphatic carbocycles. The van der Waals surface area contributed by atoms with E-state index < -0.39 is 12.0 Å². The maximum absolute atomic E-state index is 11.2. The molecule has 4 heteroatoms. The lowest BCUT2D eigenvalue weighted by atomic mass is 10.0. The van der Waals surface area contributed by atoms with Crippen LogP contribution in [0.1, 0.15) is 25.8 Å². The lowest BCUT2D eigenvalue weighted by Gasteiger charge is -2.16. The van der Waals surface area contributed by atoms with Crippen LogP contribution in [0.4, 0.5) is 0 Å². The van der Waals surface area contributed by atoms with Gasteiger partial charge in [-0.15, -0.1) is 0 Å². The minimum absolute atomic E-state index is 0.351. The van der Waals surface area contributed by atoms with Gasteiger partial charge in [-0.2, -0.15) is 0 Å². The van der Waals surface area contributed by atoms with Gasteiger partial charge in [-0.1, -0.05) is 26.0 Å². The van der Waals surface area contributed by atoms with E-state index in [1.807, 2.05) is 44.2 Å². The number of aliphatic carboxylic acids is 1. The largest absolute Gasteiger partial charge is 0.480 e. The number of nitrogens with zero attached hydrogens (tertiary/aromatic N) is 1. The molecule has 0 fully saturated rings. The molecule has 2 N–H and O–H groups in total. The predicted octanol–water partition coefficient (Wildman–Crippen LogP) is 2.82. The van der Waals surface area contributed by atoms with E-state index in [-0.39, 0.29) is 0 Å². The normalized spacial score (nSPS) is 12.8. The number of fused-ring (bicyclic) bond motifs is 1. The minimum Gasteiger partial charge on any atom is -0.480 e. The van der Waals surface area contributed by atoms with Crippen molar-refractivity contribution in [1.29, 1.82) is 0 Å². The fourth-order valence-corrected chi connectivity index (χ4v) is 2.22. The number of hydrogen-bond acceptors (Lipinski definition) is 3. The van der Waals surface area contributed by atoms with Crippen LogP contribution in [0.2, 0.25) is 0 Å². The van der Waals surface area contributed by atoms with Crippen LogP contribution in [0.5, 0.6) is 0 Å². The Bertz CT molecular complexity index is 596. The van der Waals surface area contributed by atoms with E-state index in [1.165, 1.54) is 0 Å². The average molecular weight is 272 g/mol. The highest BCUT2D eigenvalue weighted by Gasteiger charge is 2.17. The van der Waals surface area contributed by atoms with Gasteiger partial charge in [0.1, 0.15) is 6.04 Å². The van der Waals surface area contributed by atoms with E-state index in [1.54, 1.807) is 6.20 Å². The minimum atomic E-state index is -0.791. The van der Waals surface area contributed by atoms with Gasteiger partial charge in [0.15, 0.2) is 0 Å². The first-order valence-corrected chi connectivity index (χ1v) is 6.86. The molecule has 0 unspecified atom stereocenters. The molecule has 20 heavy (non-hydrogen) atoms. The molecule has 1 heterocycles. The summed E-state index contributed by atoms with van der Waals surface area (Å²) in [6.45, 7) is 4.60. The van der Waals surface area contributed by atoms with Gasteiger partial charge in [-0.25, -0.2) is 0 Å². The van der Waals surface area contributed by atoms with Crippen LogP contribution in [0.3, 0.4) is 0 Å². The van der Waals surface area contributed by atoms with Gasteiger partial charge in [0, 0.05) is 18.1 Å². The summed E-state index contributed by atoms with van der Waals surface area (Å²) in [5.74, 6) is -0.439. The van der Waals surface area contributed by atoms with Gasteiger partial charge in [-0.05, 0) is 36.1 Å². The molecular weight excluding hydrogens is 252 g/mol. The van der Waals surface area contributed by atoms with E-state index >= 15 is 0 Å². The van der Waals surface area contributed by atoms with Gasteiger partial charge in [0.25, 0.3) is 0 Å². The fourth-order valence-electron chi connectivity index (χ4n) is 2.22. The summed E-state index contributed by atoms with van der Waals surface area (Å²) in [5.41, 5.74) is 2.02. The number of carboxylic acids is 1. The third-order valence-electron chi connectivity index (χ3n) is 3.23. The number of nitrogens with one attached hydrogen (secondary N) is 1. The molecule has 0 saturated heterocycles. The molecule has 0 spiro atoms. The molecule has 2 aromatic rings. The Morgan fingerprint density at radius 3 is 2.85 bits per heavy atom. The third-order valence-corrected chi connectivity index (χ3v) is 3.23.